The zero-order valence-electron chi connectivity index (χ0n) is 30.7. The number of hydrogen-bond acceptors (Lipinski definition) is 9. The molecule has 5 rings (SSSR count). The number of rotatable bonds is 7. The van der Waals surface area contributed by atoms with E-state index in [0.717, 1.165) is 31.8 Å². The molecule has 0 aromatic carbocycles. The number of fused-ring (bicyclic) bond motifs is 1. The molecule has 8 atom stereocenters. The summed E-state index contributed by atoms with van der Waals surface area (Å²) < 4.78 is 17.4. The van der Waals surface area contributed by atoms with Gasteiger partial charge in [0, 0.05) is 57.1 Å². The minimum atomic E-state index is -1.46. The molecule has 5 aliphatic rings. The number of ether oxygens (including phenoxy) is 3. The van der Waals surface area contributed by atoms with Gasteiger partial charge < -0.3 is 34.2 Å². The quantitative estimate of drug-likeness (QED) is 0.117. The van der Waals surface area contributed by atoms with Crippen LogP contribution in [0.5, 0.6) is 0 Å². The van der Waals surface area contributed by atoms with Gasteiger partial charge >= 0.3 is 18.2 Å². The van der Waals surface area contributed by atoms with Crippen molar-refractivity contribution in [2.45, 2.75) is 122 Å². The average Bonchev–Trinajstić information content (AvgIpc) is 3.79. The van der Waals surface area contributed by atoms with Gasteiger partial charge in [-0.2, -0.15) is 0 Å². The molecule has 11 heteroatoms. The fourth-order valence-corrected chi connectivity index (χ4v) is 7.92. The first-order valence-electron chi connectivity index (χ1n) is 19.1. The number of hydrogen-bond donors (Lipinski definition) is 2. The highest BCUT2D eigenvalue weighted by atomic mass is 16.6. The molecule has 50 heavy (non-hydrogen) atoms. The van der Waals surface area contributed by atoms with E-state index in [4.69, 9.17) is 14.2 Å². The van der Waals surface area contributed by atoms with Gasteiger partial charge in [-0.3, -0.25) is 9.69 Å². The number of aliphatic hydroxyl groups excluding tert-OH is 1. The van der Waals surface area contributed by atoms with E-state index >= 15 is 0 Å². The van der Waals surface area contributed by atoms with Gasteiger partial charge in [-0.1, -0.05) is 63.8 Å². The van der Waals surface area contributed by atoms with E-state index in [0.29, 0.717) is 31.0 Å². The molecule has 4 fully saturated rings. The lowest BCUT2D eigenvalue weighted by molar-refractivity contribution is -0.151. The number of allylic oxidation sites excluding steroid dienone is 2. The Hall–Kier alpha value is -2.89. The van der Waals surface area contributed by atoms with Crippen molar-refractivity contribution >= 4 is 18.2 Å². The first kappa shape index (κ1) is 38.3. The Morgan fingerprint density at radius 1 is 1.02 bits per heavy atom. The highest BCUT2D eigenvalue weighted by molar-refractivity contribution is 5.70. The molecule has 0 radical (unpaired) electrons. The molecule has 0 aromatic heterocycles. The van der Waals surface area contributed by atoms with Crippen LogP contribution in [-0.4, -0.2) is 119 Å². The van der Waals surface area contributed by atoms with Crippen LogP contribution in [0.4, 0.5) is 9.59 Å². The smallest absolute Gasteiger partial charge is 0.410 e. The Morgan fingerprint density at radius 2 is 1.70 bits per heavy atom. The minimum absolute atomic E-state index is 0.0103. The number of cyclic esters (lactones) is 1. The van der Waals surface area contributed by atoms with E-state index in [1.54, 1.807) is 22.8 Å². The summed E-state index contributed by atoms with van der Waals surface area (Å²) in [6, 6.07) is 0.590. The first-order valence-corrected chi connectivity index (χ1v) is 19.1. The Morgan fingerprint density at radius 3 is 2.38 bits per heavy atom. The summed E-state index contributed by atoms with van der Waals surface area (Å²) in [7, 11) is 0. The maximum absolute atomic E-state index is 13.4. The van der Waals surface area contributed by atoms with Crippen molar-refractivity contribution in [1.29, 1.82) is 0 Å². The zero-order chi connectivity index (χ0) is 35.8. The van der Waals surface area contributed by atoms with Crippen LogP contribution in [0.3, 0.4) is 0 Å². The number of amides is 2. The van der Waals surface area contributed by atoms with E-state index in [9.17, 15) is 24.6 Å². The average molecular weight is 700 g/mol. The maximum Gasteiger partial charge on any atom is 0.410 e. The van der Waals surface area contributed by atoms with Crippen molar-refractivity contribution in [3.63, 3.8) is 0 Å². The summed E-state index contributed by atoms with van der Waals surface area (Å²) >= 11 is 0. The second-order valence-electron chi connectivity index (χ2n) is 15.9. The normalized spacial score (nSPS) is 34.9. The van der Waals surface area contributed by atoms with Gasteiger partial charge in [-0.05, 0) is 69.4 Å². The SMILES string of the molecule is C/C(=C\C=C\[C@@H](C)COC(=O)N1CC2CC2C1)[C@H]1OC(=O)C[C@@H](O)CC[C@](C)(O)[C@@H](OC(=O)N2CCN(C3CCCCCC3)CC2)/C=C\[C@@H]1C. The van der Waals surface area contributed by atoms with Crippen LogP contribution in [0.15, 0.2) is 36.0 Å². The lowest BCUT2D eigenvalue weighted by Gasteiger charge is -2.40. The van der Waals surface area contributed by atoms with Gasteiger partial charge in [-0.25, -0.2) is 9.59 Å². The largest absolute Gasteiger partial charge is 0.457 e. The highest BCUT2D eigenvalue weighted by Gasteiger charge is 2.47. The van der Waals surface area contributed by atoms with E-state index in [-0.39, 0.29) is 43.8 Å². The van der Waals surface area contributed by atoms with Gasteiger partial charge in [0.05, 0.1) is 19.1 Å². The second-order valence-corrected chi connectivity index (χ2v) is 15.9. The summed E-state index contributed by atoms with van der Waals surface area (Å²) in [5, 5.41) is 22.2. The van der Waals surface area contributed by atoms with E-state index in [1.807, 2.05) is 45.1 Å². The number of piperazine rings is 1. The molecule has 0 spiro atoms. The van der Waals surface area contributed by atoms with Crippen LogP contribution < -0.4 is 0 Å². The highest BCUT2D eigenvalue weighted by Crippen LogP contribution is 2.45. The van der Waals surface area contributed by atoms with Crippen LogP contribution in [0.25, 0.3) is 0 Å². The van der Waals surface area contributed by atoms with Crippen LogP contribution in [-0.2, 0) is 19.0 Å². The van der Waals surface area contributed by atoms with Crippen molar-refractivity contribution in [2.75, 3.05) is 45.9 Å². The van der Waals surface area contributed by atoms with Crippen molar-refractivity contribution in [2.24, 2.45) is 23.7 Å². The van der Waals surface area contributed by atoms with Crippen LogP contribution in [0, 0.1) is 23.7 Å². The molecular formula is C39H61N3O8. The summed E-state index contributed by atoms with van der Waals surface area (Å²) in [4.78, 5) is 44.7. The van der Waals surface area contributed by atoms with Crippen molar-refractivity contribution in [3.8, 4) is 0 Å². The molecule has 3 aliphatic heterocycles. The molecule has 2 N–H and O–H groups in total. The molecule has 2 unspecified atom stereocenters. The van der Waals surface area contributed by atoms with Crippen LogP contribution in [0.1, 0.15) is 91.9 Å². The van der Waals surface area contributed by atoms with E-state index in [1.165, 1.54) is 44.9 Å². The molecule has 2 saturated carbocycles. The number of esters is 1. The third-order valence-corrected chi connectivity index (χ3v) is 11.4. The van der Waals surface area contributed by atoms with Crippen molar-refractivity contribution < 1.29 is 38.8 Å². The Kier molecular flexibility index (Phi) is 13.5. The standard InChI is InChI=1S/C39H61N3O8/c1-27(26-48-37(45)42-24-30-22-31(30)25-42)10-9-11-28(2)36-29(3)14-15-34(39(4,47)17-16-33(43)23-35(44)50-36)49-38(46)41-20-18-40(19-21-41)32-12-7-5-6-8-13-32/h9-11,14-15,27,29-34,36,43,47H,5-8,12-13,16-26H2,1-4H3/b10-9+,15-14-,28-11+/t27-,29+,30?,31?,33+,34+,36-,39+/m1/s1. The molecule has 11 nitrogen and oxygen atoms in total. The number of likely N-dealkylation sites (tertiary alicyclic amines) is 1. The fourth-order valence-electron chi connectivity index (χ4n) is 7.92. The molecule has 3 heterocycles. The number of piperidine rings is 1. The fraction of sp³-hybridized carbons (Fsp3) is 0.769. The summed E-state index contributed by atoms with van der Waals surface area (Å²) in [6.07, 6.45) is 14.8. The first-order chi connectivity index (χ1) is 23.9. The number of carbonyl (C=O) groups excluding carboxylic acids is 3. The summed E-state index contributed by atoms with van der Waals surface area (Å²) in [5.41, 5.74) is -0.679. The Labute approximate surface area is 298 Å². The third-order valence-electron chi connectivity index (χ3n) is 11.4. The van der Waals surface area contributed by atoms with E-state index < -0.39 is 36.0 Å². The second kappa shape index (κ2) is 17.6. The zero-order valence-corrected chi connectivity index (χ0v) is 30.7. The minimum Gasteiger partial charge on any atom is -0.457 e. The molecule has 2 amide bonds. The Bertz CT molecular complexity index is 1240. The number of carbonyl (C=O) groups is 3. The van der Waals surface area contributed by atoms with Gasteiger partial charge in [0.1, 0.15) is 11.7 Å². The molecule has 2 saturated heterocycles. The monoisotopic (exact) mass is 699 g/mol. The van der Waals surface area contributed by atoms with Gasteiger partial charge in [-0.15, -0.1) is 0 Å². The Balaban J connectivity index is 1.19. The van der Waals surface area contributed by atoms with Crippen molar-refractivity contribution in [1.82, 2.24) is 14.7 Å². The number of nitrogens with zero attached hydrogens (tertiary/aromatic N) is 3. The van der Waals surface area contributed by atoms with Crippen molar-refractivity contribution in [3.05, 3.63) is 36.0 Å². The molecular weight excluding hydrogens is 638 g/mol. The van der Waals surface area contributed by atoms with Crippen LogP contribution >= 0.6 is 0 Å². The number of aliphatic hydroxyl groups is 2. The van der Waals surface area contributed by atoms with Gasteiger partial charge in [0.25, 0.3) is 0 Å². The maximum atomic E-state index is 13.4. The topological polar surface area (TPSA) is 129 Å². The molecule has 2 aliphatic carbocycles. The van der Waals surface area contributed by atoms with E-state index in [2.05, 4.69) is 4.90 Å². The molecule has 280 valence electrons. The predicted octanol–water partition coefficient (Wildman–Crippen LogP) is 5.46. The lowest BCUT2D eigenvalue weighted by atomic mass is 9.89. The molecule has 0 bridgehead atoms. The van der Waals surface area contributed by atoms with Crippen LogP contribution in [0.2, 0.25) is 0 Å². The molecule has 0 aromatic rings. The lowest BCUT2D eigenvalue weighted by Crippen LogP contribution is -2.53. The summed E-state index contributed by atoms with van der Waals surface area (Å²) in [6.45, 7) is 12.0. The van der Waals surface area contributed by atoms with Gasteiger partial charge in [0.2, 0.25) is 0 Å². The summed E-state index contributed by atoms with van der Waals surface area (Å²) in [5.74, 6) is 0.461. The van der Waals surface area contributed by atoms with Gasteiger partial charge in [0.15, 0.2) is 6.10 Å². The predicted molar refractivity (Wildman–Crippen MR) is 190 cm³/mol. The third kappa shape index (κ3) is 10.8.